The van der Waals surface area contributed by atoms with E-state index < -0.39 is 0 Å². The Labute approximate surface area is 118 Å². The Balaban J connectivity index is 2.17. The van der Waals surface area contributed by atoms with Crippen molar-refractivity contribution in [1.29, 1.82) is 0 Å². The Morgan fingerprint density at radius 3 is 2.89 bits per heavy atom. The molecule has 0 spiro atoms. The lowest BCUT2D eigenvalue weighted by atomic mass is 10.0. The van der Waals surface area contributed by atoms with Gasteiger partial charge >= 0.3 is 0 Å². The van der Waals surface area contributed by atoms with E-state index in [0.717, 1.165) is 34.3 Å². The van der Waals surface area contributed by atoms with E-state index in [4.69, 9.17) is 21.3 Å². The third-order valence-electron chi connectivity index (χ3n) is 3.82. The maximum atomic E-state index is 6.62. The number of halogens is 1. The Morgan fingerprint density at radius 1 is 1.21 bits per heavy atom. The summed E-state index contributed by atoms with van der Waals surface area (Å²) in [5.41, 5.74) is 4.62. The van der Waals surface area contributed by atoms with E-state index in [1.807, 2.05) is 0 Å². The van der Waals surface area contributed by atoms with Gasteiger partial charge in [0.25, 0.3) is 0 Å². The summed E-state index contributed by atoms with van der Waals surface area (Å²) in [6.45, 7) is 0.614. The van der Waals surface area contributed by atoms with Crippen LogP contribution in [0.3, 0.4) is 0 Å². The fraction of sp³-hybridized carbons (Fsp3) is 0.438. The molecule has 0 saturated carbocycles. The van der Waals surface area contributed by atoms with Gasteiger partial charge in [-0.05, 0) is 48.9 Å². The molecule has 1 aliphatic rings. The van der Waals surface area contributed by atoms with Gasteiger partial charge in [0, 0.05) is 18.2 Å². The number of benzene rings is 1. The van der Waals surface area contributed by atoms with Crippen LogP contribution in [0.1, 0.15) is 36.1 Å². The second kappa shape index (κ2) is 5.48. The molecule has 0 atom stereocenters. The van der Waals surface area contributed by atoms with Crippen LogP contribution in [0, 0.1) is 0 Å². The summed E-state index contributed by atoms with van der Waals surface area (Å²) in [4.78, 5) is 4.81. The highest BCUT2D eigenvalue weighted by molar-refractivity contribution is 6.36. The fourth-order valence-electron chi connectivity index (χ4n) is 2.85. The van der Waals surface area contributed by atoms with Crippen molar-refractivity contribution in [1.82, 2.24) is 4.98 Å². The Morgan fingerprint density at radius 2 is 2.05 bits per heavy atom. The van der Waals surface area contributed by atoms with Crippen molar-refractivity contribution in [2.24, 2.45) is 0 Å². The molecule has 2 aromatic rings. The summed E-state index contributed by atoms with van der Waals surface area (Å²) in [6.07, 6.45) is 5.84. The molecule has 0 N–H and O–H groups in total. The second-order valence-electron chi connectivity index (χ2n) is 5.20. The van der Waals surface area contributed by atoms with Crippen molar-refractivity contribution in [3.05, 3.63) is 40.0 Å². The monoisotopic (exact) mass is 275 g/mol. The third-order valence-corrected chi connectivity index (χ3v) is 4.25. The molecule has 0 bridgehead atoms. The van der Waals surface area contributed by atoms with E-state index in [2.05, 4.69) is 18.2 Å². The summed E-state index contributed by atoms with van der Waals surface area (Å²) >= 11 is 6.62. The van der Waals surface area contributed by atoms with Crippen LogP contribution < -0.4 is 0 Å². The van der Waals surface area contributed by atoms with Gasteiger partial charge in [-0.15, -0.1) is 0 Å². The van der Waals surface area contributed by atoms with Crippen molar-refractivity contribution in [3.8, 4) is 0 Å². The first-order chi connectivity index (χ1) is 9.29. The smallest absolute Gasteiger partial charge is 0.0720 e. The van der Waals surface area contributed by atoms with Gasteiger partial charge in [0.05, 0.1) is 17.1 Å². The van der Waals surface area contributed by atoms with Crippen LogP contribution in [0.4, 0.5) is 0 Å². The van der Waals surface area contributed by atoms with Crippen LogP contribution in [0.2, 0.25) is 5.02 Å². The average molecular weight is 276 g/mol. The minimum absolute atomic E-state index is 0.614. The zero-order valence-corrected chi connectivity index (χ0v) is 12.0. The highest BCUT2D eigenvalue weighted by Gasteiger charge is 2.16. The summed E-state index contributed by atoms with van der Waals surface area (Å²) in [5.74, 6) is 0. The van der Waals surface area contributed by atoms with Crippen LogP contribution in [0.15, 0.2) is 18.2 Å². The quantitative estimate of drug-likeness (QED) is 0.762. The Hall–Kier alpha value is -1.12. The molecule has 0 saturated heterocycles. The highest BCUT2D eigenvalue weighted by atomic mass is 35.5. The van der Waals surface area contributed by atoms with Crippen molar-refractivity contribution in [2.45, 2.75) is 38.7 Å². The molecule has 1 aromatic carbocycles. The van der Waals surface area contributed by atoms with Gasteiger partial charge in [-0.3, -0.25) is 4.98 Å². The van der Waals surface area contributed by atoms with Crippen molar-refractivity contribution >= 4 is 22.5 Å². The van der Waals surface area contributed by atoms with E-state index in [1.54, 1.807) is 7.11 Å². The van der Waals surface area contributed by atoms with Crippen molar-refractivity contribution < 1.29 is 4.74 Å². The molecule has 19 heavy (non-hydrogen) atoms. The van der Waals surface area contributed by atoms with Gasteiger partial charge in [0.15, 0.2) is 0 Å². The molecule has 1 aliphatic carbocycles. The minimum atomic E-state index is 0.614. The van der Waals surface area contributed by atoms with E-state index >= 15 is 0 Å². The minimum Gasteiger partial charge on any atom is -0.380 e. The van der Waals surface area contributed by atoms with E-state index in [1.165, 1.54) is 30.5 Å². The third kappa shape index (κ3) is 2.47. The zero-order valence-electron chi connectivity index (χ0n) is 11.2. The van der Waals surface area contributed by atoms with Gasteiger partial charge in [0.2, 0.25) is 0 Å². The number of methoxy groups -OCH3 is 1. The molecular formula is C16H18ClNO. The summed E-state index contributed by atoms with van der Waals surface area (Å²) in [7, 11) is 1.71. The van der Waals surface area contributed by atoms with Crippen LogP contribution in [-0.4, -0.2) is 12.1 Å². The topological polar surface area (TPSA) is 22.1 Å². The van der Waals surface area contributed by atoms with E-state index in [-0.39, 0.29) is 0 Å². The van der Waals surface area contributed by atoms with Gasteiger partial charge in [-0.25, -0.2) is 0 Å². The number of aromatic nitrogens is 1. The number of ether oxygens (including phenoxy) is 1. The van der Waals surface area contributed by atoms with Crippen LogP contribution >= 0.6 is 11.6 Å². The number of hydrogen-bond acceptors (Lipinski definition) is 2. The molecule has 1 aromatic heterocycles. The van der Waals surface area contributed by atoms with Gasteiger partial charge < -0.3 is 4.74 Å². The summed E-state index contributed by atoms with van der Waals surface area (Å²) in [6, 6.07) is 6.23. The van der Waals surface area contributed by atoms with Gasteiger partial charge in [0.1, 0.15) is 0 Å². The maximum absolute atomic E-state index is 6.62. The largest absolute Gasteiger partial charge is 0.380 e. The molecule has 100 valence electrons. The number of aryl methyl sites for hydroxylation is 1. The van der Waals surface area contributed by atoms with Crippen molar-refractivity contribution in [2.75, 3.05) is 7.11 Å². The van der Waals surface area contributed by atoms with Gasteiger partial charge in [-0.2, -0.15) is 0 Å². The molecule has 0 radical (unpaired) electrons. The Bertz CT molecular complexity index is 609. The molecule has 0 fully saturated rings. The first-order valence-corrected chi connectivity index (χ1v) is 7.26. The molecular weight excluding hydrogens is 258 g/mol. The second-order valence-corrected chi connectivity index (χ2v) is 5.57. The molecule has 3 heteroatoms. The normalized spacial score (nSPS) is 15.3. The predicted octanol–water partition coefficient (Wildman–Crippen LogP) is 4.30. The molecule has 2 nitrogen and oxygen atoms in total. The molecule has 0 amide bonds. The number of nitrogens with zero attached hydrogens (tertiary/aromatic N) is 1. The number of rotatable bonds is 2. The standard InChI is InChI=1S/C16H18ClNO/c1-19-10-11-7-8-15-13(9-11)16(17)12-5-3-2-4-6-14(12)18-15/h7-9H,2-6,10H2,1H3. The van der Waals surface area contributed by atoms with Crippen LogP contribution in [0.5, 0.6) is 0 Å². The van der Waals surface area contributed by atoms with Gasteiger partial charge in [-0.1, -0.05) is 24.1 Å². The van der Waals surface area contributed by atoms with Crippen molar-refractivity contribution in [3.63, 3.8) is 0 Å². The zero-order chi connectivity index (χ0) is 13.2. The van der Waals surface area contributed by atoms with E-state index in [9.17, 15) is 0 Å². The number of fused-ring (bicyclic) bond motifs is 2. The van der Waals surface area contributed by atoms with E-state index in [0.29, 0.717) is 6.61 Å². The SMILES string of the molecule is COCc1ccc2nc3c(c(Cl)c2c1)CCCCC3. The van der Waals surface area contributed by atoms with Crippen LogP contribution in [-0.2, 0) is 24.2 Å². The average Bonchev–Trinajstić information content (AvgIpc) is 2.65. The first kappa shape index (κ1) is 12.9. The first-order valence-electron chi connectivity index (χ1n) is 6.88. The lowest BCUT2D eigenvalue weighted by Gasteiger charge is -2.11. The lowest BCUT2D eigenvalue weighted by molar-refractivity contribution is 0.185. The summed E-state index contributed by atoms with van der Waals surface area (Å²) in [5, 5.41) is 1.97. The maximum Gasteiger partial charge on any atom is 0.0720 e. The molecule has 0 unspecified atom stereocenters. The number of pyridine rings is 1. The highest BCUT2D eigenvalue weighted by Crippen LogP contribution is 2.32. The lowest BCUT2D eigenvalue weighted by Crippen LogP contribution is -1.99. The van der Waals surface area contributed by atoms with Crippen LogP contribution in [0.25, 0.3) is 10.9 Å². The Kier molecular flexibility index (Phi) is 3.72. The summed E-state index contributed by atoms with van der Waals surface area (Å²) < 4.78 is 5.19. The fourth-order valence-corrected chi connectivity index (χ4v) is 3.20. The molecule has 0 aliphatic heterocycles. The molecule has 1 heterocycles. The molecule has 3 rings (SSSR count). The number of hydrogen-bond donors (Lipinski definition) is 0. The predicted molar refractivity (Wildman–Crippen MR) is 78.7 cm³/mol.